The van der Waals surface area contributed by atoms with Crippen LogP contribution in [0.3, 0.4) is 0 Å². The molecule has 2 rings (SSSR count). The van der Waals surface area contributed by atoms with Crippen LogP contribution in [0.4, 0.5) is 8.78 Å². The molecule has 1 aromatic carbocycles. The normalized spacial score (nSPS) is 12.8. The molecular formula is C13H13F2NOS. The van der Waals surface area contributed by atoms with Gasteiger partial charge in [0.1, 0.15) is 17.7 Å². The molecule has 1 aromatic heterocycles. The number of aromatic nitrogens is 1. The van der Waals surface area contributed by atoms with Gasteiger partial charge in [0.15, 0.2) is 0 Å². The zero-order valence-electron chi connectivity index (χ0n) is 10.3. The topological polar surface area (TPSA) is 33.1 Å². The highest BCUT2D eigenvalue weighted by Gasteiger charge is 2.24. The first-order valence-electron chi connectivity index (χ1n) is 5.48. The molecule has 18 heavy (non-hydrogen) atoms. The molecule has 0 fully saturated rings. The van der Waals surface area contributed by atoms with Gasteiger partial charge in [-0.05, 0) is 32.4 Å². The molecule has 2 aromatic rings. The lowest BCUT2D eigenvalue weighted by molar-refractivity contribution is 0.211. The summed E-state index contributed by atoms with van der Waals surface area (Å²) in [7, 11) is 0. The summed E-state index contributed by atoms with van der Waals surface area (Å²) in [6.45, 7) is 5.04. The van der Waals surface area contributed by atoms with Gasteiger partial charge in [0.05, 0.1) is 21.1 Å². The molecule has 2 nitrogen and oxygen atoms in total. The van der Waals surface area contributed by atoms with Crippen LogP contribution in [0.5, 0.6) is 0 Å². The Labute approximate surface area is 108 Å². The van der Waals surface area contributed by atoms with Crippen molar-refractivity contribution in [3.8, 4) is 0 Å². The van der Waals surface area contributed by atoms with Gasteiger partial charge in [0.25, 0.3) is 0 Å². The average molecular weight is 269 g/mol. The van der Waals surface area contributed by atoms with Gasteiger partial charge in [-0.25, -0.2) is 13.8 Å². The summed E-state index contributed by atoms with van der Waals surface area (Å²) in [6, 6.07) is 2.52. The van der Waals surface area contributed by atoms with E-state index < -0.39 is 17.7 Å². The van der Waals surface area contributed by atoms with Crippen molar-refractivity contribution in [3.05, 3.63) is 50.5 Å². The van der Waals surface area contributed by atoms with Gasteiger partial charge in [-0.1, -0.05) is 6.07 Å². The third kappa shape index (κ3) is 2.15. The van der Waals surface area contributed by atoms with Crippen LogP contribution < -0.4 is 0 Å². The monoisotopic (exact) mass is 269 g/mol. The molecule has 0 amide bonds. The molecule has 0 spiro atoms. The lowest BCUT2D eigenvalue weighted by atomic mass is 10.0. The highest BCUT2D eigenvalue weighted by Crippen LogP contribution is 2.33. The minimum absolute atomic E-state index is 0.304. The van der Waals surface area contributed by atoms with E-state index in [9.17, 15) is 13.9 Å². The van der Waals surface area contributed by atoms with E-state index in [-0.39, 0.29) is 5.56 Å². The number of aliphatic hydroxyl groups is 1. The zero-order valence-corrected chi connectivity index (χ0v) is 11.1. The van der Waals surface area contributed by atoms with E-state index in [1.165, 1.54) is 30.4 Å². The molecule has 0 radical (unpaired) electrons. The van der Waals surface area contributed by atoms with Crippen LogP contribution >= 0.6 is 11.3 Å². The fourth-order valence-corrected chi connectivity index (χ4v) is 2.78. The summed E-state index contributed by atoms with van der Waals surface area (Å²) in [5.41, 5.74) is 0.608. The molecule has 1 N–H and O–H groups in total. The van der Waals surface area contributed by atoms with Crippen molar-refractivity contribution in [2.75, 3.05) is 0 Å². The summed E-state index contributed by atoms with van der Waals surface area (Å²) in [4.78, 5) is 4.64. The van der Waals surface area contributed by atoms with Crippen molar-refractivity contribution in [1.29, 1.82) is 0 Å². The van der Waals surface area contributed by atoms with Crippen LogP contribution in [0.2, 0.25) is 0 Å². The number of hydrogen-bond donors (Lipinski definition) is 1. The van der Waals surface area contributed by atoms with Crippen LogP contribution in [0.1, 0.15) is 32.8 Å². The molecule has 0 saturated carbocycles. The maximum atomic E-state index is 13.9. The van der Waals surface area contributed by atoms with Gasteiger partial charge in [-0.2, -0.15) is 0 Å². The Balaban J connectivity index is 2.56. The third-order valence-corrected chi connectivity index (χ3v) is 3.91. The number of thiazole rings is 1. The molecule has 0 aliphatic heterocycles. The lowest BCUT2D eigenvalue weighted by Gasteiger charge is -2.13. The first-order valence-corrected chi connectivity index (χ1v) is 6.30. The minimum Gasteiger partial charge on any atom is -0.383 e. The lowest BCUT2D eigenvalue weighted by Crippen LogP contribution is -2.07. The number of rotatable bonds is 2. The van der Waals surface area contributed by atoms with Crippen LogP contribution in [0.15, 0.2) is 12.1 Å². The number of halogens is 2. The first kappa shape index (κ1) is 13.1. The molecule has 0 aliphatic rings. The van der Waals surface area contributed by atoms with Gasteiger partial charge >= 0.3 is 0 Å². The van der Waals surface area contributed by atoms with Crippen molar-refractivity contribution < 1.29 is 13.9 Å². The predicted molar refractivity (Wildman–Crippen MR) is 66.7 cm³/mol. The Morgan fingerprint density at radius 3 is 2.44 bits per heavy atom. The zero-order chi connectivity index (χ0) is 13.4. The summed E-state index contributed by atoms with van der Waals surface area (Å²) in [5.74, 6) is -1.44. The number of aliphatic hydroxyl groups excluding tert-OH is 1. The van der Waals surface area contributed by atoms with Crippen molar-refractivity contribution in [2.24, 2.45) is 0 Å². The predicted octanol–water partition coefficient (Wildman–Crippen LogP) is 3.43. The van der Waals surface area contributed by atoms with Crippen molar-refractivity contribution in [3.63, 3.8) is 0 Å². The quantitative estimate of drug-likeness (QED) is 0.906. The van der Waals surface area contributed by atoms with Crippen molar-refractivity contribution in [1.82, 2.24) is 4.98 Å². The Morgan fingerprint density at radius 2 is 1.89 bits per heavy atom. The summed E-state index contributed by atoms with van der Waals surface area (Å²) < 4.78 is 27.6. The number of aryl methyl sites for hydroxylation is 3. The molecular weight excluding hydrogens is 256 g/mol. The van der Waals surface area contributed by atoms with E-state index in [0.717, 1.165) is 5.01 Å². The fraction of sp³-hybridized carbons (Fsp3) is 0.308. The van der Waals surface area contributed by atoms with E-state index in [0.29, 0.717) is 16.1 Å². The SMILES string of the molecule is Cc1nc(C)c(C(O)c2c(F)ccc(C)c2F)s1. The molecule has 0 bridgehead atoms. The number of hydrogen-bond acceptors (Lipinski definition) is 3. The molecule has 1 unspecified atom stereocenters. The van der Waals surface area contributed by atoms with Gasteiger partial charge in [-0.3, -0.25) is 0 Å². The van der Waals surface area contributed by atoms with Gasteiger partial charge in [-0.15, -0.1) is 11.3 Å². The van der Waals surface area contributed by atoms with Crippen LogP contribution in [0.25, 0.3) is 0 Å². The summed E-state index contributed by atoms with van der Waals surface area (Å²) in [6.07, 6.45) is -1.31. The van der Waals surface area contributed by atoms with Crippen LogP contribution in [-0.2, 0) is 0 Å². The van der Waals surface area contributed by atoms with Gasteiger partial charge in [0.2, 0.25) is 0 Å². The molecule has 96 valence electrons. The van der Waals surface area contributed by atoms with E-state index in [4.69, 9.17) is 0 Å². The second-order valence-electron chi connectivity index (χ2n) is 4.18. The Bertz CT molecular complexity index is 595. The third-order valence-electron chi connectivity index (χ3n) is 2.78. The first-order chi connectivity index (χ1) is 8.41. The van der Waals surface area contributed by atoms with Crippen LogP contribution in [0, 0.1) is 32.4 Å². The largest absolute Gasteiger partial charge is 0.383 e. The minimum atomic E-state index is -1.31. The average Bonchev–Trinajstić information content (AvgIpc) is 2.63. The molecule has 1 atom stereocenters. The maximum absolute atomic E-state index is 13.9. The molecule has 0 aliphatic carbocycles. The van der Waals surface area contributed by atoms with Crippen LogP contribution in [-0.4, -0.2) is 10.1 Å². The number of benzene rings is 1. The highest BCUT2D eigenvalue weighted by atomic mass is 32.1. The maximum Gasteiger partial charge on any atom is 0.135 e. The van der Waals surface area contributed by atoms with E-state index in [1.807, 2.05) is 0 Å². The smallest absolute Gasteiger partial charge is 0.135 e. The van der Waals surface area contributed by atoms with E-state index in [1.54, 1.807) is 13.8 Å². The van der Waals surface area contributed by atoms with Crippen molar-refractivity contribution >= 4 is 11.3 Å². The summed E-state index contributed by atoms with van der Waals surface area (Å²) >= 11 is 1.25. The standard InChI is InChI=1S/C13H13F2NOS/c1-6-4-5-9(14)10(11(6)15)12(17)13-7(2)16-8(3)18-13/h4-5,12,17H,1-3H3. The summed E-state index contributed by atoms with van der Waals surface area (Å²) in [5, 5.41) is 10.9. The Morgan fingerprint density at radius 1 is 1.22 bits per heavy atom. The van der Waals surface area contributed by atoms with Crippen molar-refractivity contribution in [2.45, 2.75) is 26.9 Å². The molecule has 1 heterocycles. The second-order valence-corrected chi connectivity index (χ2v) is 5.41. The van der Waals surface area contributed by atoms with Gasteiger partial charge in [0, 0.05) is 0 Å². The number of nitrogens with zero attached hydrogens (tertiary/aromatic N) is 1. The van der Waals surface area contributed by atoms with E-state index >= 15 is 0 Å². The Kier molecular flexibility index (Phi) is 3.45. The Hall–Kier alpha value is -1.33. The fourth-order valence-electron chi connectivity index (χ4n) is 1.86. The van der Waals surface area contributed by atoms with E-state index in [2.05, 4.69) is 4.98 Å². The second kappa shape index (κ2) is 4.74. The molecule has 5 heteroatoms. The molecule has 0 saturated heterocycles. The van der Waals surface area contributed by atoms with Gasteiger partial charge < -0.3 is 5.11 Å². The highest BCUT2D eigenvalue weighted by molar-refractivity contribution is 7.11.